The van der Waals surface area contributed by atoms with E-state index in [9.17, 15) is 4.79 Å². The molecule has 0 saturated heterocycles. The van der Waals surface area contributed by atoms with Crippen molar-refractivity contribution in [1.82, 2.24) is 5.32 Å². The third-order valence-corrected chi connectivity index (χ3v) is 5.22. The molecule has 0 bridgehead atoms. The minimum atomic E-state index is 0.195. The van der Waals surface area contributed by atoms with Gasteiger partial charge < -0.3 is 5.32 Å². The second-order valence-corrected chi connectivity index (χ2v) is 7.31. The number of amides is 1. The summed E-state index contributed by atoms with van der Waals surface area (Å²) in [4.78, 5) is 12.0. The molecule has 0 aromatic heterocycles. The van der Waals surface area contributed by atoms with Crippen molar-refractivity contribution in [1.29, 1.82) is 0 Å². The Kier molecular flexibility index (Phi) is 4.57. The molecule has 0 atom stereocenters. The normalized spacial score (nSPS) is 18.3. The van der Waals surface area contributed by atoms with Crippen molar-refractivity contribution in [2.45, 2.75) is 37.5 Å². The lowest BCUT2D eigenvalue weighted by Crippen LogP contribution is -2.39. The number of hydrogen-bond donors (Lipinski definition) is 1. The molecule has 2 nitrogen and oxygen atoms in total. The average Bonchev–Trinajstić information content (AvgIpc) is 3.28. The second kappa shape index (κ2) is 6.40. The summed E-state index contributed by atoms with van der Waals surface area (Å²) in [5, 5.41) is 4.01. The molecule has 2 aliphatic rings. The van der Waals surface area contributed by atoms with Crippen LogP contribution in [0.15, 0.2) is 24.3 Å². The van der Waals surface area contributed by atoms with Gasteiger partial charge in [0, 0.05) is 16.8 Å². The van der Waals surface area contributed by atoms with Crippen LogP contribution in [0.3, 0.4) is 0 Å². The fourth-order valence-electron chi connectivity index (χ4n) is 2.65. The first kappa shape index (κ1) is 14.3. The van der Waals surface area contributed by atoms with Crippen LogP contribution in [0.25, 0.3) is 0 Å². The molecule has 2 saturated carbocycles. The minimum absolute atomic E-state index is 0.195. The highest BCUT2D eigenvalue weighted by atomic mass is 35.5. The lowest BCUT2D eigenvalue weighted by atomic mass is 10.1. The SMILES string of the molecule is O=C(CSCc1cccc(Cl)c1)NC(C1CC1)C1CC1. The van der Waals surface area contributed by atoms with Gasteiger partial charge in [0.05, 0.1) is 5.75 Å². The van der Waals surface area contributed by atoms with E-state index >= 15 is 0 Å². The number of hydrogen-bond acceptors (Lipinski definition) is 2. The van der Waals surface area contributed by atoms with Crippen LogP contribution in [0.1, 0.15) is 31.2 Å². The standard InChI is InChI=1S/C16H20ClNOS/c17-14-3-1-2-11(8-14)9-20-10-15(19)18-16(12-4-5-12)13-6-7-13/h1-3,8,12-13,16H,4-7,9-10H2,(H,18,19). The fourth-order valence-corrected chi connectivity index (χ4v) is 3.65. The highest BCUT2D eigenvalue weighted by Gasteiger charge is 2.42. The summed E-state index contributed by atoms with van der Waals surface area (Å²) in [5.41, 5.74) is 1.18. The molecule has 0 unspecified atom stereocenters. The van der Waals surface area contributed by atoms with Crippen molar-refractivity contribution in [3.8, 4) is 0 Å². The van der Waals surface area contributed by atoms with Gasteiger partial charge in [0.2, 0.25) is 5.91 Å². The first-order valence-corrected chi connectivity index (χ1v) is 8.87. The van der Waals surface area contributed by atoms with Crippen molar-refractivity contribution < 1.29 is 4.79 Å². The molecule has 1 amide bonds. The molecule has 3 rings (SSSR count). The molecule has 0 spiro atoms. The molecule has 0 radical (unpaired) electrons. The summed E-state index contributed by atoms with van der Waals surface area (Å²) in [6.45, 7) is 0. The van der Waals surface area contributed by atoms with E-state index in [1.54, 1.807) is 11.8 Å². The monoisotopic (exact) mass is 309 g/mol. The Bertz CT molecular complexity index is 473. The zero-order valence-electron chi connectivity index (χ0n) is 11.5. The first-order chi connectivity index (χ1) is 9.72. The number of thioether (sulfide) groups is 1. The molecule has 2 aliphatic carbocycles. The van der Waals surface area contributed by atoms with Crippen LogP contribution >= 0.6 is 23.4 Å². The van der Waals surface area contributed by atoms with Gasteiger partial charge in [-0.1, -0.05) is 23.7 Å². The van der Waals surface area contributed by atoms with Crippen molar-refractivity contribution in [2.24, 2.45) is 11.8 Å². The summed E-state index contributed by atoms with van der Waals surface area (Å²) < 4.78 is 0. The molecule has 1 aromatic rings. The Balaban J connectivity index is 1.40. The summed E-state index contributed by atoms with van der Waals surface area (Å²) in [6, 6.07) is 8.30. The van der Waals surface area contributed by atoms with Gasteiger partial charge >= 0.3 is 0 Å². The summed E-state index contributed by atoms with van der Waals surface area (Å²) in [7, 11) is 0. The quantitative estimate of drug-likeness (QED) is 0.828. The third-order valence-electron chi connectivity index (χ3n) is 3.98. The van der Waals surface area contributed by atoms with Crippen LogP contribution in [0.5, 0.6) is 0 Å². The van der Waals surface area contributed by atoms with Crippen LogP contribution in [-0.4, -0.2) is 17.7 Å². The first-order valence-electron chi connectivity index (χ1n) is 7.34. The number of rotatable bonds is 7. The van der Waals surface area contributed by atoms with Crippen LogP contribution in [0, 0.1) is 11.8 Å². The maximum Gasteiger partial charge on any atom is 0.230 e. The Labute approximate surface area is 129 Å². The molecule has 2 fully saturated rings. The highest BCUT2D eigenvalue weighted by molar-refractivity contribution is 7.99. The van der Waals surface area contributed by atoms with Crippen LogP contribution in [0.4, 0.5) is 0 Å². The van der Waals surface area contributed by atoms with Crippen LogP contribution < -0.4 is 5.32 Å². The maximum absolute atomic E-state index is 12.0. The molecule has 1 aromatic carbocycles. The predicted molar refractivity (Wildman–Crippen MR) is 85.0 cm³/mol. The zero-order valence-corrected chi connectivity index (χ0v) is 13.1. The van der Waals surface area contributed by atoms with Gasteiger partial charge in [-0.3, -0.25) is 4.79 Å². The van der Waals surface area contributed by atoms with Crippen LogP contribution in [-0.2, 0) is 10.5 Å². The number of halogens is 1. The highest BCUT2D eigenvalue weighted by Crippen LogP contribution is 2.44. The molecule has 1 N–H and O–H groups in total. The molecular formula is C16H20ClNOS. The molecule has 0 heterocycles. The van der Waals surface area contributed by atoms with Gasteiger partial charge in [-0.05, 0) is 55.2 Å². The van der Waals surface area contributed by atoms with E-state index in [0.717, 1.165) is 22.6 Å². The smallest absolute Gasteiger partial charge is 0.230 e. The molecule has 4 heteroatoms. The van der Waals surface area contributed by atoms with E-state index < -0.39 is 0 Å². The van der Waals surface area contributed by atoms with E-state index in [-0.39, 0.29) is 5.91 Å². The Hall–Kier alpha value is -0.670. The van der Waals surface area contributed by atoms with Gasteiger partial charge in [0.1, 0.15) is 0 Å². The predicted octanol–water partition coefficient (Wildman–Crippen LogP) is 3.88. The average molecular weight is 310 g/mol. The minimum Gasteiger partial charge on any atom is -0.352 e. The van der Waals surface area contributed by atoms with Crippen molar-refractivity contribution in [2.75, 3.05) is 5.75 Å². The van der Waals surface area contributed by atoms with E-state index in [2.05, 4.69) is 5.32 Å². The molecule has 20 heavy (non-hydrogen) atoms. The van der Waals surface area contributed by atoms with Crippen molar-refractivity contribution in [3.05, 3.63) is 34.9 Å². The van der Waals surface area contributed by atoms with Gasteiger partial charge in [-0.25, -0.2) is 0 Å². The Morgan fingerprint density at radius 2 is 2.00 bits per heavy atom. The number of nitrogens with one attached hydrogen (secondary N) is 1. The second-order valence-electron chi connectivity index (χ2n) is 5.89. The molecule has 108 valence electrons. The molecule has 0 aliphatic heterocycles. The number of carbonyl (C=O) groups is 1. The summed E-state index contributed by atoms with van der Waals surface area (Å²) >= 11 is 7.61. The van der Waals surface area contributed by atoms with E-state index in [1.807, 2.05) is 24.3 Å². The largest absolute Gasteiger partial charge is 0.352 e. The number of benzene rings is 1. The van der Waals surface area contributed by atoms with E-state index in [4.69, 9.17) is 11.6 Å². The van der Waals surface area contributed by atoms with Gasteiger partial charge in [-0.2, -0.15) is 0 Å². The van der Waals surface area contributed by atoms with Gasteiger partial charge in [-0.15, -0.1) is 11.8 Å². The number of carbonyl (C=O) groups excluding carboxylic acids is 1. The Morgan fingerprint density at radius 1 is 1.30 bits per heavy atom. The maximum atomic E-state index is 12.0. The molecular weight excluding hydrogens is 290 g/mol. The topological polar surface area (TPSA) is 29.1 Å². The van der Waals surface area contributed by atoms with E-state index in [0.29, 0.717) is 11.8 Å². The van der Waals surface area contributed by atoms with Crippen molar-refractivity contribution >= 4 is 29.3 Å². The van der Waals surface area contributed by atoms with Crippen LogP contribution in [0.2, 0.25) is 5.02 Å². The Morgan fingerprint density at radius 3 is 2.60 bits per heavy atom. The lowest BCUT2D eigenvalue weighted by Gasteiger charge is -2.17. The summed E-state index contributed by atoms with van der Waals surface area (Å²) in [5.74, 6) is 3.11. The van der Waals surface area contributed by atoms with Crippen molar-refractivity contribution in [3.63, 3.8) is 0 Å². The summed E-state index contributed by atoms with van der Waals surface area (Å²) in [6.07, 6.45) is 5.21. The van der Waals surface area contributed by atoms with Gasteiger partial charge in [0.25, 0.3) is 0 Å². The third kappa shape index (κ3) is 4.16. The van der Waals surface area contributed by atoms with Gasteiger partial charge in [0.15, 0.2) is 0 Å². The zero-order chi connectivity index (χ0) is 13.9. The lowest BCUT2D eigenvalue weighted by molar-refractivity contribution is -0.119. The fraction of sp³-hybridized carbons (Fsp3) is 0.562. The van der Waals surface area contributed by atoms with E-state index in [1.165, 1.54) is 31.2 Å².